The lowest BCUT2D eigenvalue weighted by Gasteiger charge is -2.22. The van der Waals surface area contributed by atoms with Crippen LogP contribution in [0, 0.1) is 0 Å². The zero-order valence-electron chi connectivity index (χ0n) is 19.1. The lowest BCUT2D eigenvalue weighted by Crippen LogP contribution is -2.13. The Morgan fingerprint density at radius 1 is 0.857 bits per heavy atom. The number of nitrogen functional groups attached to an aromatic ring is 1. The second kappa shape index (κ2) is 8.53. The van der Waals surface area contributed by atoms with Crippen molar-refractivity contribution in [1.82, 2.24) is 24.5 Å². The molecule has 6 rings (SSSR count). The van der Waals surface area contributed by atoms with E-state index in [2.05, 4.69) is 73.4 Å². The monoisotopic (exact) mass is 457 g/mol. The van der Waals surface area contributed by atoms with E-state index in [1.54, 1.807) is 24.8 Å². The summed E-state index contributed by atoms with van der Waals surface area (Å²) in [5.74, 6) is 0.471. The molecule has 1 atom stereocenters. The van der Waals surface area contributed by atoms with E-state index in [0.29, 0.717) is 5.82 Å². The van der Waals surface area contributed by atoms with Gasteiger partial charge in [0.2, 0.25) is 0 Å². The Hall–Kier alpha value is -4.78. The van der Waals surface area contributed by atoms with E-state index in [1.165, 1.54) is 10.9 Å². The van der Waals surface area contributed by atoms with Crippen LogP contribution in [-0.2, 0) is 7.05 Å². The maximum absolute atomic E-state index is 6.02. The minimum absolute atomic E-state index is 0.175. The summed E-state index contributed by atoms with van der Waals surface area (Å²) >= 11 is 0. The number of pyridine rings is 2. The highest BCUT2D eigenvalue weighted by atomic mass is 14.9. The standard InChI is InChI=1S/C28H23N7/c1-35-12-7-18-4-5-19(13-25(18)35)23-15-22(16-24-28(23)33-11-10-31-24)34-27(21-3-2-8-30-17-21)20-6-9-32-26(29)14-20/h2-17,27,34H,1H3,(H2,29,32). The highest BCUT2D eigenvalue weighted by molar-refractivity contribution is 5.97. The number of aryl methyl sites for hydroxylation is 1. The van der Waals surface area contributed by atoms with Crippen LogP contribution in [0.4, 0.5) is 11.5 Å². The minimum Gasteiger partial charge on any atom is -0.384 e. The molecule has 0 bridgehead atoms. The topological polar surface area (TPSA) is 94.5 Å². The van der Waals surface area contributed by atoms with Crippen LogP contribution in [0.2, 0.25) is 0 Å². The normalized spacial score (nSPS) is 12.1. The third-order valence-corrected chi connectivity index (χ3v) is 6.24. The Labute approximate surface area is 202 Å². The molecule has 0 aliphatic heterocycles. The van der Waals surface area contributed by atoms with Gasteiger partial charge in [-0.05, 0) is 64.5 Å². The average molecular weight is 458 g/mol. The predicted octanol–water partition coefficient (Wildman–Crippen LogP) is 5.36. The van der Waals surface area contributed by atoms with Gasteiger partial charge < -0.3 is 15.6 Å². The highest BCUT2D eigenvalue weighted by Gasteiger charge is 2.17. The molecule has 1 unspecified atom stereocenters. The van der Waals surface area contributed by atoms with Crippen LogP contribution in [0.1, 0.15) is 17.2 Å². The van der Waals surface area contributed by atoms with Gasteiger partial charge in [0.15, 0.2) is 0 Å². The molecule has 3 N–H and O–H groups in total. The number of hydrogen-bond donors (Lipinski definition) is 2. The maximum Gasteiger partial charge on any atom is 0.123 e. The van der Waals surface area contributed by atoms with Gasteiger partial charge in [0.25, 0.3) is 0 Å². The highest BCUT2D eigenvalue weighted by Crippen LogP contribution is 2.34. The Bertz CT molecular complexity index is 1660. The van der Waals surface area contributed by atoms with E-state index in [4.69, 9.17) is 5.73 Å². The first-order valence-corrected chi connectivity index (χ1v) is 11.3. The molecule has 0 aliphatic rings. The van der Waals surface area contributed by atoms with Crippen LogP contribution in [0.3, 0.4) is 0 Å². The average Bonchev–Trinajstić information content (AvgIpc) is 3.27. The summed E-state index contributed by atoms with van der Waals surface area (Å²) in [5, 5.41) is 4.89. The zero-order chi connectivity index (χ0) is 23.8. The number of nitrogens with zero attached hydrogens (tertiary/aromatic N) is 5. The molecule has 4 aromatic heterocycles. The summed E-state index contributed by atoms with van der Waals surface area (Å²) in [5.41, 5.74) is 13.9. The Kier molecular flexibility index (Phi) is 5.07. The number of nitrogens with two attached hydrogens (primary N) is 1. The molecule has 2 aromatic carbocycles. The maximum atomic E-state index is 6.02. The fourth-order valence-corrected chi connectivity index (χ4v) is 4.53. The number of aromatic nitrogens is 5. The van der Waals surface area contributed by atoms with Crippen molar-refractivity contribution in [2.45, 2.75) is 6.04 Å². The number of nitrogens with one attached hydrogen (secondary N) is 1. The summed E-state index contributed by atoms with van der Waals surface area (Å²) in [4.78, 5) is 17.8. The molecule has 6 aromatic rings. The molecule has 0 saturated carbocycles. The molecular formula is C28H23N7. The molecule has 0 amide bonds. The smallest absolute Gasteiger partial charge is 0.123 e. The van der Waals surface area contributed by atoms with Gasteiger partial charge in [-0.25, -0.2) is 4.98 Å². The fraction of sp³-hybridized carbons (Fsp3) is 0.0714. The molecule has 170 valence electrons. The van der Waals surface area contributed by atoms with Crippen LogP contribution in [0.15, 0.2) is 97.8 Å². The van der Waals surface area contributed by atoms with Gasteiger partial charge in [-0.15, -0.1) is 0 Å². The largest absolute Gasteiger partial charge is 0.384 e. The fourth-order valence-electron chi connectivity index (χ4n) is 4.53. The second-order valence-corrected chi connectivity index (χ2v) is 8.53. The summed E-state index contributed by atoms with van der Waals surface area (Å²) in [6, 6.07) is 20.4. The van der Waals surface area contributed by atoms with Crippen molar-refractivity contribution >= 4 is 33.4 Å². The first-order chi connectivity index (χ1) is 17.2. The summed E-state index contributed by atoms with van der Waals surface area (Å²) < 4.78 is 2.13. The van der Waals surface area contributed by atoms with E-state index in [9.17, 15) is 0 Å². The molecule has 0 aliphatic carbocycles. The van der Waals surface area contributed by atoms with E-state index < -0.39 is 0 Å². The van der Waals surface area contributed by atoms with Crippen molar-refractivity contribution in [1.29, 1.82) is 0 Å². The molecule has 7 heteroatoms. The van der Waals surface area contributed by atoms with E-state index >= 15 is 0 Å². The molecule has 7 nitrogen and oxygen atoms in total. The van der Waals surface area contributed by atoms with E-state index in [1.807, 2.05) is 36.5 Å². The third kappa shape index (κ3) is 3.93. The summed E-state index contributed by atoms with van der Waals surface area (Å²) in [6.45, 7) is 0. The van der Waals surface area contributed by atoms with Crippen LogP contribution in [0.25, 0.3) is 33.1 Å². The van der Waals surface area contributed by atoms with Crippen LogP contribution < -0.4 is 11.1 Å². The molecule has 4 heterocycles. The van der Waals surface area contributed by atoms with Gasteiger partial charge in [-0.3, -0.25) is 15.0 Å². The quantitative estimate of drug-likeness (QED) is 0.362. The van der Waals surface area contributed by atoms with Crippen molar-refractivity contribution in [3.63, 3.8) is 0 Å². The van der Waals surface area contributed by atoms with Crippen molar-refractivity contribution in [2.24, 2.45) is 7.05 Å². The molecular weight excluding hydrogens is 434 g/mol. The second-order valence-electron chi connectivity index (χ2n) is 8.53. The first kappa shape index (κ1) is 20.8. The van der Waals surface area contributed by atoms with Gasteiger partial charge in [-0.2, -0.15) is 0 Å². The Morgan fingerprint density at radius 2 is 1.77 bits per heavy atom. The van der Waals surface area contributed by atoms with Crippen molar-refractivity contribution in [3.8, 4) is 11.1 Å². The number of benzene rings is 2. The third-order valence-electron chi connectivity index (χ3n) is 6.24. The Balaban J connectivity index is 1.50. The van der Waals surface area contributed by atoms with Crippen molar-refractivity contribution in [3.05, 3.63) is 109 Å². The number of rotatable bonds is 5. The van der Waals surface area contributed by atoms with Crippen molar-refractivity contribution in [2.75, 3.05) is 11.1 Å². The zero-order valence-corrected chi connectivity index (χ0v) is 19.1. The summed E-state index contributed by atoms with van der Waals surface area (Å²) in [7, 11) is 2.06. The van der Waals surface area contributed by atoms with Crippen LogP contribution in [0.5, 0.6) is 0 Å². The SMILES string of the molecule is Cn1ccc2ccc(-c3cc(NC(c4cccnc4)c4ccnc(N)c4)cc4nccnc34)cc21. The molecule has 0 radical (unpaired) electrons. The van der Waals surface area contributed by atoms with Crippen molar-refractivity contribution < 1.29 is 0 Å². The molecule has 0 fully saturated rings. The minimum atomic E-state index is -0.175. The Morgan fingerprint density at radius 3 is 2.63 bits per heavy atom. The summed E-state index contributed by atoms with van der Waals surface area (Å²) in [6.07, 6.45) is 10.9. The number of hydrogen-bond acceptors (Lipinski definition) is 6. The van der Waals surface area contributed by atoms with Gasteiger partial charge in [0, 0.05) is 61.0 Å². The molecule has 0 saturated heterocycles. The van der Waals surface area contributed by atoms with Crippen LogP contribution >= 0.6 is 0 Å². The predicted molar refractivity (Wildman–Crippen MR) is 140 cm³/mol. The lowest BCUT2D eigenvalue weighted by atomic mass is 9.98. The lowest BCUT2D eigenvalue weighted by molar-refractivity contribution is 0.924. The number of anilines is 2. The van der Waals surface area contributed by atoms with Gasteiger partial charge in [0.1, 0.15) is 5.82 Å². The van der Waals surface area contributed by atoms with E-state index in [-0.39, 0.29) is 6.04 Å². The first-order valence-electron chi connectivity index (χ1n) is 11.3. The van der Waals surface area contributed by atoms with Crippen LogP contribution in [-0.4, -0.2) is 24.5 Å². The van der Waals surface area contributed by atoms with Gasteiger partial charge in [-0.1, -0.05) is 18.2 Å². The van der Waals surface area contributed by atoms with E-state index in [0.717, 1.165) is 39.0 Å². The van der Waals surface area contributed by atoms with Gasteiger partial charge in [0.05, 0.1) is 17.1 Å². The number of fused-ring (bicyclic) bond motifs is 2. The van der Waals surface area contributed by atoms with Gasteiger partial charge >= 0.3 is 0 Å². The molecule has 35 heavy (non-hydrogen) atoms. The molecule has 0 spiro atoms.